The van der Waals surface area contributed by atoms with Crippen LogP contribution in [0.4, 0.5) is 5.69 Å². The number of aromatic nitrogens is 3. The summed E-state index contributed by atoms with van der Waals surface area (Å²) in [7, 11) is 0. The van der Waals surface area contributed by atoms with Crippen molar-refractivity contribution in [2.75, 3.05) is 31.1 Å². The van der Waals surface area contributed by atoms with Gasteiger partial charge >= 0.3 is 0 Å². The third-order valence-corrected chi connectivity index (χ3v) is 6.42. The van der Waals surface area contributed by atoms with Gasteiger partial charge in [0.25, 0.3) is 0 Å². The Kier molecular flexibility index (Phi) is 5.18. The van der Waals surface area contributed by atoms with Crippen molar-refractivity contribution in [2.24, 2.45) is 0 Å². The second kappa shape index (κ2) is 7.57. The number of hydrogen-bond donors (Lipinski definition) is 1. The highest BCUT2D eigenvalue weighted by Crippen LogP contribution is 2.30. The Morgan fingerprint density at radius 2 is 1.77 bits per heavy atom. The molecule has 0 aliphatic carbocycles. The van der Waals surface area contributed by atoms with Crippen LogP contribution in [-0.2, 0) is 0 Å². The van der Waals surface area contributed by atoms with Crippen molar-refractivity contribution in [2.45, 2.75) is 51.5 Å². The zero-order chi connectivity index (χ0) is 18.1. The zero-order valence-electron chi connectivity index (χ0n) is 15.7. The predicted octanol–water partition coefficient (Wildman–Crippen LogP) is 3.92. The van der Waals surface area contributed by atoms with E-state index in [9.17, 15) is 0 Å². The molecule has 1 aromatic carbocycles. The van der Waals surface area contributed by atoms with Gasteiger partial charge in [-0.25, -0.2) is 4.98 Å². The van der Waals surface area contributed by atoms with Crippen LogP contribution in [0.15, 0.2) is 18.2 Å². The first-order chi connectivity index (χ1) is 12.6. The average Bonchev–Trinajstić information content (AvgIpc) is 3.11. The van der Waals surface area contributed by atoms with Crippen LogP contribution in [0.1, 0.15) is 48.8 Å². The number of halogens is 1. The molecule has 2 aromatic rings. The van der Waals surface area contributed by atoms with Crippen LogP contribution in [-0.4, -0.2) is 52.3 Å². The lowest BCUT2D eigenvalue weighted by molar-refractivity contribution is 0.130. The molecule has 6 heteroatoms. The molecule has 1 aromatic heterocycles. The van der Waals surface area contributed by atoms with Crippen LogP contribution in [0.2, 0.25) is 5.02 Å². The molecule has 1 N–H and O–H groups in total. The number of piperidine rings is 2. The van der Waals surface area contributed by atoms with Crippen molar-refractivity contribution in [3.8, 4) is 0 Å². The van der Waals surface area contributed by atoms with E-state index in [-0.39, 0.29) is 0 Å². The molecule has 0 amide bonds. The van der Waals surface area contributed by atoms with E-state index in [1.165, 1.54) is 44.5 Å². The number of H-pyrrole nitrogens is 1. The van der Waals surface area contributed by atoms with Gasteiger partial charge in [-0.1, -0.05) is 17.7 Å². The molecule has 140 valence electrons. The van der Waals surface area contributed by atoms with E-state index in [0.29, 0.717) is 12.0 Å². The molecular formula is C20H28ClN5. The minimum atomic E-state index is 0.519. The second-order valence-electron chi connectivity index (χ2n) is 7.74. The Morgan fingerprint density at radius 1 is 1.04 bits per heavy atom. The largest absolute Gasteiger partial charge is 0.371 e. The van der Waals surface area contributed by atoms with Crippen LogP contribution in [0.5, 0.6) is 0 Å². The lowest BCUT2D eigenvalue weighted by atomic mass is 9.93. The molecule has 0 radical (unpaired) electrons. The topological polar surface area (TPSA) is 48.1 Å². The van der Waals surface area contributed by atoms with E-state index in [4.69, 9.17) is 11.6 Å². The first-order valence-electron chi connectivity index (χ1n) is 9.74. The summed E-state index contributed by atoms with van der Waals surface area (Å²) in [5, 5.41) is 8.21. The first-order valence-corrected chi connectivity index (χ1v) is 10.1. The van der Waals surface area contributed by atoms with Gasteiger partial charge in [-0.05, 0) is 70.3 Å². The third kappa shape index (κ3) is 3.74. The number of benzene rings is 1. The summed E-state index contributed by atoms with van der Waals surface area (Å²) in [6.45, 7) is 8.59. The van der Waals surface area contributed by atoms with Gasteiger partial charge in [0.2, 0.25) is 0 Å². The molecule has 3 heterocycles. The van der Waals surface area contributed by atoms with Crippen molar-refractivity contribution >= 4 is 17.3 Å². The Balaban J connectivity index is 1.29. The number of aryl methyl sites for hydroxylation is 2. The van der Waals surface area contributed by atoms with Crippen LogP contribution >= 0.6 is 11.6 Å². The summed E-state index contributed by atoms with van der Waals surface area (Å²) in [5.74, 6) is 2.45. The number of nitrogens with zero attached hydrogens (tertiary/aromatic N) is 4. The molecule has 2 aliphatic heterocycles. The lowest BCUT2D eigenvalue weighted by Gasteiger charge is -2.42. The van der Waals surface area contributed by atoms with Crippen molar-refractivity contribution in [1.29, 1.82) is 0 Å². The molecule has 5 nitrogen and oxygen atoms in total. The fourth-order valence-corrected chi connectivity index (χ4v) is 4.51. The molecule has 4 rings (SSSR count). The van der Waals surface area contributed by atoms with Crippen molar-refractivity contribution in [3.05, 3.63) is 40.4 Å². The fourth-order valence-electron chi connectivity index (χ4n) is 4.33. The number of nitrogens with one attached hydrogen (secondary N) is 1. The quantitative estimate of drug-likeness (QED) is 0.885. The van der Waals surface area contributed by atoms with Gasteiger partial charge in [-0.15, -0.1) is 0 Å². The van der Waals surface area contributed by atoms with Crippen LogP contribution in [0.25, 0.3) is 0 Å². The molecule has 0 spiro atoms. The van der Waals surface area contributed by atoms with Gasteiger partial charge in [0, 0.05) is 35.8 Å². The SMILES string of the molecule is Cc1nc(C2CCN(C3CCN(c4ccc(C)c(Cl)c4)CC3)CC2)n[nH]1. The van der Waals surface area contributed by atoms with Gasteiger partial charge in [0.1, 0.15) is 5.82 Å². The normalized spacial score (nSPS) is 20.7. The van der Waals surface area contributed by atoms with Crippen LogP contribution in [0, 0.1) is 13.8 Å². The Morgan fingerprint density at radius 3 is 2.38 bits per heavy atom. The predicted molar refractivity (Wildman–Crippen MR) is 106 cm³/mol. The van der Waals surface area contributed by atoms with E-state index in [0.717, 1.165) is 35.3 Å². The summed E-state index contributed by atoms with van der Waals surface area (Å²) in [6, 6.07) is 7.15. The highest BCUT2D eigenvalue weighted by atomic mass is 35.5. The highest BCUT2D eigenvalue weighted by Gasteiger charge is 2.30. The Labute approximate surface area is 160 Å². The van der Waals surface area contributed by atoms with E-state index >= 15 is 0 Å². The van der Waals surface area contributed by atoms with Gasteiger partial charge in [-0.2, -0.15) is 5.10 Å². The van der Waals surface area contributed by atoms with Gasteiger partial charge < -0.3 is 9.80 Å². The molecule has 0 atom stereocenters. The molecule has 0 unspecified atom stereocenters. The number of hydrogen-bond acceptors (Lipinski definition) is 4. The summed E-state index contributed by atoms with van der Waals surface area (Å²) in [6.07, 6.45) is 4.81. The zero-order valence-corrected chi connectivity index (χ0v) is 16.5. The average molecular weight is 374 g/mol. The lowest BCUT2D eigenvalue weighted by Crippen LogP contribution is -2.47. The van der Waals surface area contributed by atoms with Crippen molar-refractivity contribution in [1.82, 2.24) is 20.1 Å². The molecule has 2 aliphatic rings. The monoisotopic (exact) mass is 373 g/mol. The molecule has 0 saturated carbocycles. The second-order valence-corrected chi connectivity index (χ2v) is 8.15. The van der Waals surface area contributed by atoms with E-state index in [2.05, 4.69) is 50.1 Å². The number of aromatic amines is 1. The summed E-state index contributed by atoms with van der Waals surface area (Å²) in [5.41, 5.74) is 2.41. The third-order valence-electron chi connectivity index (χ3n) is 6.01. The minimum Gasteiger partial charge on any atom is -0.371 e. The highest BCUT2D eigenvalue weighted by molar-refractivity contribution is 6.31. The Hall–Kier alpha value is -1.59. The van der Waals surface area contributed by atoms with E-state index in [1.54, 1.807) is 0 Å². The maximum atomic E-state index is 6.30. The van der Waals surface area contributed by atoms with Gasteiger partial charge in [0.05, 0.1) is 0 Å². The number of likely N-dealkylation sites (tertiary alicyclic amines) is 1. The van der Waals surface area contributed by atoms with Gasteiger partial charge in [-0.3, -0.25) is 5.10 Å². The maximum absolute atomic E-state index is 6.30. The van der Waals surface area contributed by atoms with E-state index in [1.807, 2.05) is 6.92 Å². The molecule has 2 fully saturated rings. The molecule has 0 bridgehead atoms. The fraction of sp³-hybridized carbons (Fsp3) is 0.600. The number of anilines is 1. The minimum absolute atomic E-state index is 0.519. The molecule has 26 heavy (non-hydrogen) atoms. The van der Waals surface area contributed by atoms with Crippen LogP contribution < -0.4 is 4.90 Å². The summed E-state index contributed by atoms with van der Waals surface area (Å²) in [4.78, 5) is 9.69. The smallest absolute Gasteiger partial charge is 0.153 e. The number of rotatable bonds is 3. The van der Waals surface area contributed by atoms with Crippen molar-refractivity contribution in [3.63, 3.8) is 0 Å². The maximum Gasteiger partial charge on any atom is 0.153 e. The standard InChI is InChI=1S/C20H28ClN5/c1-14-3-4-18(13-19(14)21)26-11-7-17(8-12-26)25-9-5-16(6-10-25)20-22-15(2)23-24-20/h3-4,13,16-17H,5-12H2,1-2H3,(H,22,23,24). The Bertz CT molecular complexity index is 742. The van der Waals surface area contributed by atoms with Crippen LogP contribution in [0.3, 0.4) is 0 Å². The molecular weight excluding hydrogens is 346 g/mol. The van der Waals surface area contributed by atoms with E-state index < -0.39 is 0 Å². The molecule has 2 saturated heterocycles. The summed E-state index contributed by atoms with van der Waals surface area (Å²) >= 11 is 6.30. The summed E-state index contributed by atoms with van der Waals surface area (Å²) < 4.78 is 0. The van der Waals surface area contributed by atoms with Gasteiger partial charge in [0.15, 0.2) is 5.82 Å². The van der Waals surface area contributed by atoms with Crippen molar-refractivity contribution < 1.29 is 0 Å². The first kappa shape index (κ1) is 17.8.